The van der Waals surface area contributed by atoms with Gasteiger partial charge in [-0.05, 0) is 66.1 Å². The van der Waals surface area contributed by atoms with Gasteiger partial charge in [-0.15, -0.1) is 0 Å². The zero-order chi connectivity index (χ0) is 24.9. The van der Waals surface area contributed by atoms with Crippen molar-refractivity contribution in [1.82, 2.24) is 4.31 Å². The van der Waals surface area contributed by atoms with Crippen LogP contribution in [0.2, 0.25) is 5.02 Å². The average Bonchev–Trinajstić information content (AvgIpc) is 2.82. The number of benzene rings is 3. The van der Waals surface area contributed by atoms with Crippen LogP contribution in [0.3, 0.4) is 0 Å². The lowest BCUT2D eigenvalue weighted by Crippen LogP contribution is -2.32. The first-order valence-electron chi connectivity index (χ1n) is 10.1. The molecule has 2 N–H and O–H groups in total. The van der Waals surface area contributed by atoms with Crippen molar-refractivity contribution in [3.8, 4) is 11.5 Å². The summed E-state index contributed by atoms with van der Waals surface area (Å²) in [6.07, 6.45) is 0.405. The summed E-state index contributed by atoms with van der Waals surface area (Å²) in [5, 5.41) is 5.67. The van der Waals surface area contributed by atoms with Crippen LogP contribution in [0.4, 0.5) is 0 Å². The number of halogens is 1. The number of rotatable bonds is 10. The lowest BCUT2D eigenvalue weighted by atomic mass is 10.1. The van der Waals surface area contributed by atoms with Gasteiger partial charge in [-0.3, -0.25) is 0 Å². The van der Waals surface area contributed by atoms with Crippen molar-refractivity contribution in [1.29, 1.82) is 0 Å². The number of nitrogens with two attached hydrogens (primary N) is 1. The standard InChI is InChI=1S/C23H25ClN2O6S2/c1-31-22-12-5-17(15-23(22)32-2)13-14-26(16-18-3-6-19(24)7-4-18)34(29,30)21-10-8-20(9-11-21)33(25,27)28/h3-12,15H,13-14,16H2,1-2H3,(H2,25,27,28). The van der Waals surface area contributed by atoms with Gasteiger partial charge in [0.2, 0.25) is 20.0 Å². The van der Waals surface area contributed by atoms with Gasteiger partial charge in [0.25, 0.3) is 0 Å². The largest absolute Gasteiger partial charge is 0.493 e. The third kappa shape index (κ3) is 6.28. The Bertz CT molecular complexity index is 1340. The highest BCUT2D eigenvalue weighted by molar-refractivity contribution is 7.89. The Morgan fingerprint density at radius 2 is 1.35 bits per heavy atom. The molecule has 0 spiro atoms. The molecule has 0 unspecified atom stereocenters. The van der Waals surface area contributed by atoms with E-state index in [1.807, 2.05) is 6.07 Å². The highest BCUT2D eigenvalue weighted by Crippen LogP contribution is 2.28. The van der Waals surface area contributed by atoms with E-state index in [4.69, 9.17) is 26.2 Å². The Kier molecular flexibility index (Phi) is 8.21. The van der Waals surface area contributed by atoms with Gasteiger partial charge in [0.1, 0.15) is 0 Å². The minimum absolute atomic E-state index is 0.0406. The molecule has 182 valence electrons. The number of sulfonamides is 2. The summed E-state index contributed by atoms with van der Waals surface area (Å²) in [7, 11) is -4.83. The monoisotopic (exact) mass is 524 g/mol. The highest BCUT2D eigenvalue weighted by Gasteiger charge is 2.25. The number of hydrogen-bond acceptors (Lipinski definition) is 6. The average molecular weight is 525 g/mol. The molecule has 0 radical (unpaired) electrons. The molecule has 3 rings (SSSR count). The quantitative estimate of drug-likeness (QED) is 0.434. The maximum absolute atomic E-state index is 13.5. The molecule has 0 saturated carbocycles. The molecule has 0 aromatic heterocycles. The third-order valence-corrected chi connectivity index (χ3v) is 8.20. The second-order valence-electron chi connectivity index (χ2n) is 7.42. The fourth-order valence-corrected chi connectivity index (χ4v) is 5.39. The highest BCUT2D eigenvalue weighted by atomic mass is 35.5. The number of ether oxygens (including phenoxy) is 2. The molecule has 3 aromatic rings. The minimum atomic E-state index is -3.96. The predicted molar refractivity (Wildman–Crippen MR) is 130 cm³/mol. The summed E-state index contributed by atoms with van der Waals surface area (Å²) in [6, 6.07) is 17.1. The molecule has 11 heteroatoms. The maximum atomic E-state index is 13.5. The van der Waals surface area contributed by atoms with Gasteiger partial charge in [-0.1, -0.05) is 29.8 Å². The van der Waals surface area contributed by atoms with Gasteiger partial charge in [0.05, 0.1) is 24.0 Å². The van der Waals surface area contributed by atoms with Crippen molar-refractivity contribution in [2.45, 2.75) is 22.8 Å². The molecule has 3 aromatic carbocycles. The Balaban J connectivity index is 1.92. The van der Waals surface area contributed by atoms with Crippen molar-refractivity contribution in [2.24, 2.45) is 5.14 Å². The van der Waals surface area contributed by atoms with Crippen LogP contribution in [0, 0.1) is 0 Å². The molecule has 0 heterocycles. The first kappa shape index (κ1) is 26.0. The molecular formula is C23H25ClN2O6S2. The van der Waals surface area contributed by atoms with E-state index in [0.29, 0.717) is 22.9 Å². The molecule has 0 amide bonds. The Hall–Kier alpha value is -2.63. The van der Waals surface area contributed by atoms with E-state index in [1.54, 1.807) is 43.5 Å². The fourth-order valence-electron chi connectivity index (χ4n) is 3.32. The first-order chi connectivity index (χ1) is 16.0. The van der Waals surface area contributed by atoms with Crippen LogP contribution in [-0.2, 0) is 33.0 Å². The van der Waals surface area contributed by atoms with Gasteiger partial charge in [-0.2, -0.15) is 4.31 Å². The first-order valence-corrected chi connectivity index (χ1v) is 13.5. The van der Waals surface area contributed by atoms with Crippen molar-refractivity contribution in [3.63, 3.8) is 0 Å². The molecule has 0 aliphatic heterocycles. The summed E-state index contributed by atoms with van der Waals surface area (Å²) in [5.74, 6) is 1.12. The Morgan fingerprint density at radius 3 is 1.91 bits per heavy atom. The third-order valence-electron chi connectivity index (χ3n) is 5.16. The Morgan fingerprint density at radius 1 is 0.794 bits per heavy atom. The summed E-state index contributed by atoms with van der Waals surface area (Å²) in [5.41, 5.74) is 1.61. The second-order valence-corrected chi connectivity index (χ2v) is 11.4. The number of methoxy groups -OCH3 is 2. The number of hydrogen-bond donors (Lipinski definition) is 1. The van der Waals surface area contributed by atoms with E-state index in [1.165, 1.54) is 35.7 Å². The van der Waals surface area contributed by atoms with Crippen LogP contribution < -0.4 is 14.6 Å². The van der Waals surface area contributed by atoms with E-state index >= 15 is 0 Å². The van der Waals surface area contributed by atoms with Crippen LogP contribution in [0.5, 0.6) is 11.5 Å². The molecular weight excluding hydrogens is 500 g/mol. The zero-order valence-corrected chi connectivity index (χ0v) is 21.0. The molecule has 34 heavy (non-hydrogen) atoms. The lowest BCUT2D eigenvalue weighted by Gasteiger charge is -2.23. The van der Waals surface area contributed by atoms with Crippen LogP contribution in [0.15, 0.2) is 76.5 Å². The van der Waals surface area contributed by atoms with Crippen molar-refractivity contribution >= 4 is 31.6 Å². The summed E-state index contributed by atoms with van der Waals surface area (Å²) >= 11 is 5.97. The molecule has 8 nitrogen and oxygen atoms in total. The van der Waals surface area contributed by atoms with E-state index in [9.17, 15) is 16.8 Å². The topological polar surface area (TPSA) is 116 Å². The van der Waals surface area contributed by atoms with E-state index in [0.717, 1.165) is 11.1 Å². The zero-order valence-electron chi connectivity index (χ0n) is 18.6. The van der Waals surface area contributed by atoms with Crippen molar-refractivity contribution in [3.05, 3.63) is 82.9 Å². The van der Waals surface area contributed by atoms with Gasteiger partial charge in [0.15, 0.2) is 11.5 Å². The molecule has 0 atom stereocenters. The Labute approximate surface area is 205 Å². The molecule has 0 bridgehead atoms. The van der Waals surface area contributed by atoms with Gasteiger partial charge >= 0.3 is 0 Å². The minimum Gasteiger partial charge on any atom is -0.493 e. The summed E-state index contributed by atoms with van der Waals surface area (Å²) in [6.45, 7) is 0.265. The van der Waals surface area contributed by atoms with Crippen LogP contribution in [0.1, 0.15) is 11.1 Å². The normalized spacial score (nSPS) is 12.0. The SMILES string of the molecule is COc1ccc(CCN(Cc2ccc(Cl)cc2)S(=O)(=O)c2ccc(S(N)(=O)=O)cc2)cc1OC. The van der Waals surface area contributed by atoms with Crippen LogP contribution in [0.25, 0.3) is 0 Å². The summed E-state index contributed by atoms with van der Waals surface area (Å²) in [4.78, 5) is -0.206. The van der Waals surface area contributed by atoms with Gasteiger partial charge in [0, 0.05) is 18.1 Å². The molecule has 0 aliphatic rings. The van der Waals surface area contributed by atoms with Crippen LogP contribution in [-0.4, -0.2) is 41.9 Å². The van der Waals surface area contributed by atoms with Gasteiger partial charge < -0.3 is 9.47 Å². The fraction of sp³-hybridized carbons (Fsp3) is 0.217. The predicted octanol–water partition coefficient (Wildman–Crippen LogP) is 3.44. The number of nitrogens with zero attached hydrogens (tertiary/aromatic N) is 1. The smallest absolute Gasteiger partial charge is 0.243 e. The van der Waals surface area contributed by atoms with Gasteiger partial charge in [-0.25, -0.2) is 22.0 Å². The van der Waals surface area contributed by atoms with Crippen molar-refractivity contribution in [2.75, 3.05) is 20.8 Å². The van der Waals surface area contributed by atoms with Crippen LogP contribution >= 0.6 is 11.6 Å². The van der Waals surface area contributed by atoms with Crippen molar-refractivity contribution < 1.29 is 26.3 Å². The van der Waals surface area contributed by atoms with E-state index in [-0.39, 0.29) is 22.9 Å². The molecule has 0 aliphatic carbocycles. The second kappa shape index (κ2) is 10.7. The van der Waals surface area contributed by atoms with E-state index < -0.39 is 20.0 Å². The maximum Gasteiger partial charge on any atom is 0.243 e. The summed E-state index contributed by atoms with van der Waals surface area (Å²) < 4.78 is 62.0. The number of primary sulfonamides is 1. The molecule has 0 fully saturated rings. The van der Waals surface area contributed by atoms with E-state index in [2.05, 4.69) is 0 Å². The lowest BCUT2D eigenvalue weighted by molar-refractivity contribution is 0.354. The molecule has 0 saturated heterocycles.